The Kier molecular flexibility index (Phi) is 17.7. The van der Waals surface area contributed by atoms with Gasteiger partial charge < -0.3 is 10.9 Å². The Labute approximate surface area is 223 Å². The maximum Gasteiger partial charge on any atom is 0.158 e. The maximum atomic E-state index is 5.65. The summed E-state index contributed by atoms with van der Waals surface area (Å²) in [6.07, 6.45) is 17.0. The van der Waals surface area contributed by atoms with Crippen LogP contribution in [0.15, 0.2) is 0 Å². The highest BCUT2D eigenvalue weighted by atomic mass is 33.1. The van der Waals surface area contributed by atoms with Crippen molar-refractivity contribution in [2.45, 2.75) is 95.6 Å². The van der Waals surface area contributed by atoms with Crippen LogP contribution in [0.2, 0.25) is 0 Å². The Morgan fingerprint density at radius 2 is 1.28 bits per heavy atom. The third kappa shape index (κ3) is 14.5. The molecule has 186 valence electrons. The van der Waals surface area contributed by atoms with E-state index in [1.807, 2.05) is 21.6 Å². The first-order valence-electron chi connectivity index (χ1n) is 12.4. The second-order valence-electron chi connectivity index (χ2n) is 8.62. The lowest BCUT2D eigenvalue weighted by atomic mass is 10.1. The van der Waals surface area contributed by atoms with Crippen LogP contribution in [0.1, 0.15) is 90.4 Å². The maximum absolute atomic E-state index is 5.65. The lowest BCUT2D eigenvalue weighted by Crippen LogP contribution is -2.40. The van der Waals surface area contributed by atoms with Crippen LogP contribution in [0, 0.1) is 0 Å². The molecule has 0 aromatic heterocycles. The van der Waals surface area contributed by atoms with E-state index in [0.29, 0.717) is 5.25 Å². The van der Waals surface area contributed by atoms with Gasteiger partial charge in [0.1, 0.15) is 0 Å². The molecule has 0 aromatic carbocycles. The number of nitrogens with one attached hydrogen (secondary N) is 2. The Morgan fingerprint density at radius 3 is 1.81 bits per heavy atom. The molecule has 2 fully saturated rings. The molecular formula is C22H42N4S6. The van der Waals surface area contributed by atoms with E-state index in [4.69, 9.17) is 24.4 Å². The van der Waals surface area contributed by atoms with Crippen LogP contribution in [0.25, 0.3) is 0 Å². The Balaban J connectivity index is 1.68. The van der Waals surface area contributed by atoms with E-state index < -0.39 is 0 Å². The quantitative estimate of drug-likeness (QED) is 0.144. The first-order valence-corrected chi connectivity index (χ1v) is 17.8. The number of thiocarbonyl (C=S) groups is 2. The van der Waals surface area contributed by atoms with Crippen LogP contribution in [0.5, 0.6) is 0 Å². The molecule has 2 N–H and O–H groups in total. The third-order valence-electron chi connectivity index (χ3n) is 5.74. The zero-order valence-corrected chi connectivity index (χ0v) is 24.5. The zero-order chi connectivity index (χ0) is 22.9. The molecule has 0 radical (unpaired) electrons. The summed E-state index contributed by atoms with van der Waals surface area (Å²) in [4.78, 5) is 0. The minimum atomic E-state index is 0.597. The molecule has 1 unspecified atom stereocenters. The molecule has 2 aliphatic heterocycles. The zero-order valence-electron chi connectivity index (χ0n) is 19.6. The van der Waals surface area contributed by atoms with Gasteiger partial charge in [-0.1, -0.05) is 104 Å². The number of rotatable bonds is 12. The average Bonchev–Trinajstić information content (AvgIpc) is 3.19. The molecule has 0 aliphatic carbocycles. The summed E-state index contributed by atoms with van der Waals surface area (Å²) >= 11 is 11.3. The van der Waals surface area contributed by atoms with Gasteiger partial charge >= 0.3 is 0 Å². The lowest BCUT2D eigenvalue weighted by Gasteiger charge is -2.23. The molecule has 0 spiro atoms. The second-order valence-corrected chi connectivity index (χ2v) is 14.8. The van der Waals surface area contributed by atoms with Crippen molar-refractivity contribution in [3.63, 3.8) is 0 Å². The van der Waals surface area contributed by atoms with Crippen LogP contribution in [-0.2, 0) is 0 Å². The van der Waals surface area contributed by atoms with Gasteiger partial charge in [-0.3, -0.25) is 0 Å². The highest BCUT2D eigenvalue weighted by Gasteiger charge is 2.16. The minimum Gasteiger partial charge on any atom is -0.303 e. The predicted octanol–water partition coefficient (Wildman–Crippen LogP) is 7.42. The van der Waals surface area contributed by atoms with Gasteiger partial charge in [0.2, 0.25) is 0 Å². The van der Waals surface area contributed by atoms with Gasteiger partial charge in [0, 0.05) is 37.2 Å². The van der Waals surface area contributed by atoms with Crippen LogP contribution >= 0.6 is 67.6 Å². The van der Waals surface area contributed by atoms with Crippen molar-refractivity contribution < 1.29 is 0 Å². The molecule has 0 saturated carbocycles. The summed E-state index contributed by atoms with van der Waals surface area (Å²) in [6, 6.07) is 0. The van der Waals surface area contributed by atoms with Crippen molar-refractivity contribution in [1.82, 2.24) is 20.9 Å². The van der Waals surface area contributed by atoms with Gasteiger partial charge in [-0.25, -0.2) is 10.0 Å². The number of unbranched alkanes of at least 4 members (excludes halogenated alkanes) is 3. The van der Waals surface area contributed by atoms with Gasteiger partial charge in [-0.15, -0.1) is 0 Å². The molecule has 2 rings (SSSR count). The first-order chi connectivity index (χ1) is 15.7. The number of nitrogens with zero attached hydrogens (tertiary/aromatic N) is 2. The Hall–Kier alpha value is 1.10. The summed E-state index contributed by atoms with van der Waals surface area (Å²) in [5, 5.41) is 5.22. The number of hydrazine groups is 2. The van der Waals surface area contributed by atoms with E-state index in [0.717, 1.165) is 40.6 Å². The molecule has 4 nitrogen and oxygen atoms in total. The fourth-order valence-electron chi connectivity index (χ4n) is 3.89. The van der Waals surface area contributed by atoms with E-state index in [-0.39, 0.29) is 0 Å². The fourth-order valence-corrected chi connectivity index (χ4v) is 9.64. The van der Waals surface area contributed by atoms with Crippen molar-refractivity contribution in [2.24, 2.45) is 0 Å². The molecule has 2 heterocycles. The highest BCUT2D eigenvalue weighted by molar-refractivity contribution is 8.85. The highest BCUT2D eigenvalue weighted by Crippen LogP contribution is 2.36. The van der Waals surface area contributed by atoms with Gasteiger partial charge in [-0.2, -0.15) is 0 Å². The van der Waals surface area contributed by atoms with E-state index in [1.54, 1.807) is 21.6 Å². The van der Waals surface area contributed by atoms with Crippen molar-refractivity contribution in [2.75, 3.05) is 31.9 Å². The van der Waals surface area contributed by atoms with Crippen LogP contribution < -0.4 is 10.9 Å². The van der Waals surface area contributed by atoms with Crippen molar-refractivity contribution in [3.05, 3.63) is 0 Å². The van der Waals surface area contributed by atoms with Gasteiger partial charge in [-0.05, 0) is 53.7 Å². The summed E-state index contributed by atoms with van der Waals surface area (Å²) in [7, 11) is 7.33. The van der Waals surface area contributed by atoms with Crippen LogP contribution in [0.4, 0.5) is 0 Å². The molecule has 0 aromatic rings. The van der Waals surface area contributed by atoms with Crippen molar-refractivity contribution >= 4 is 76.3 Å². The topological polar surface area (TPSA) is 30.5 Å². The summed E-state index contributed by atoms with van der Waals surface area (Å²) < 4.78 is 1.81. The fraction of sp³-hybridized carbons (Fsp3) is 0.909. The normalized spacial score (nSPS) is 19.7. The van der Waals surface area contributed by atoms with Gasteiger partial charge in [0.25, 0.3) is 0 Å². The van der Waals surface area contributed by atoms with Gasteiger partial charge in [0.05, 0.1) is 0 Å². The summed E-state index contributed by atoms with van der Waals surface area (Å²) in [5.41, 5.74) is 6.93. The standard InChI is InChI=1S/C22H42N4S6/c1-2-3-4-9-14-20(30-32-22(28)24-26-17-12-7-8-13-18-26)19-29-31-21(27)23-25-15-10-5-6-11-16-25/h20H,2-19H2,1H3,(H,23,27)(H,24,28). The minimum absolute atomic E-state index is 0.597. The Morgan fingerprint density at radius 1 is 0.750 bits per heavy atom. The first kappa shape index (κ1) is 29.3. The van der Waals surface area contributed by atoms with Crippen LogP contribution in [-0.4, -0.2) is 55.8 Å². The summed E-state index contributed by atoms with van der Waals surface area (Å²) in [5.74, 6) is 1.10. The SMILES string of the molecule is CCCCCCC(CSSC(=S)NN1CCCCCC1)SSC(=S)NN1CCCCCC1. The number of hydrogen-bond acceptors (Lipinski definition) is 8. The molecule has 32 heavy (non-hydrogen) atoms. The largest absolute Gasteiger partial charge is 0.303 e. The van der Waals surface area contributed by atoms with E-state index in [1.165, 1.54) is 83.5 Å². The van der Waals surface area contributed by atoms with Crippen molar-refractivity contribution in [3.8, 4) is 0 Å². The second kappa shape index (κ2) is 19.3. The molecule has 2 aliphatic rings. The monoisotopic (exact) mass is 554 g/mol. The molecule has 2 saturated heterocycles. The predicted molar refractivity (Wildman–Crippen MR) is 159 cm³/mol. The molecule has 1 atom stereocenters. The lowest BCUT2D eigenvalue weighted by molar-refractivity contribution is 0.249. The average molecular weight is 555 g/mol. The number of hydrogen-bond donors (Lipinski definition) is 2. The molecular weight excluding hydrogens is 513 g/mol. The van der Waals surface area contributed by atoms with Crippen LogP contribution in [0.3, 0.4) is 0 Å². The van der Waals surface area contributed by atoms with Gasteiger partial charge in [0.15, 0.2) is 8.64 Å². The smallest absolute Gasteiger partial charge is 0.158 e. The van der Waals surface area contributed by atoms with E-state index >= 15 is 0 Å². The molecule has 10 heteroatoms. The van der Waals surface area contributed by atoms with E-state index in [9.17, 15) is 0 Å². The van der Waals surface area contributed by atoms with E-state index in [2.05, 4.69) is 27.8 Å². The summed E-state index contributed by atoms with van der Waals surface area (Å²) in [6.45, 7) is 6.72. The third-order valence-corrected chi connectivity index (χ3v) is 12.0. The molecule has 0 bridgehead atoms. The molecule has 0 amide bonds. The Bertz CT molecular complexity index is 509. The van der Waals surface area contributed by atoms with Crippen molar-refractivity contribution in [1.29, 1.82) is 0 Å².